The number of carbonyl (C=O) groups is 2. The third-order valence-corrected chi connectivity index (χ3v) is 6.97. The Morgan fingerprint density at radius 2 is 1.73 bits per heavy atom. The first-order chi connectivity index (χ1) is 14.1. The third kappa shape index (κ3) is 6.32. The Labute approximate surface area is 176 Å². The lowest BCUT2D eigenvalue weighted by Crippen LogP contribution is -3.13. The van der Waals surface area contributed by atoms with Crippen molar-refractivity contribution < 1.29 is 38.0 Å². The molecule has 0 aliphatic carbocycles. The van der Waals surface area contributed by atoms with Crippen LogP contribution < -0.4 is 10.0 Å². The fraction of sp³-hybridized carbons (Fsp3) is 0.294. The van der Waals surface area contributed by atoms with Crippen LogP contribution in [0.25, 0.3) is 0 Å². The van der Waals surface area contributed by atoms with Crippen molar-refractivity contribution >= 4 is 39.0 Å². The number of nitrogens with one attached hydrogen (secondary N) is 1. The molecule has 1 fully saturated rings. The summed E-state index contributed by atoms with van der Waals surface area (Å²) in [5.41, 5.74) is 1.17. The van der Waals surface area contributed by atoms with Crippen molar-refractivity contribution in [3.63, 3.8) is 0 Å². The number of quaternary nitrogens is 1. The van der Waals surface area contributed by atoms with E-state index in [2.05, 4.69) is 11.4 Å². The van der Waals surface area contributed by atoms with Crippen molar-refractivity contribution in [2.75, 3.05) is 26.2 Å². The Hall–Kier alpha value is -2.87. The second kappa shape index (κ2) is 10.2. The fourth-order valence-electron chi connectivity index (χ4n) is 2.79. The number of nitro groups is 1. The van der Waals surface area contributed by atoms with Gasteiger partial charge in [-0.15, -0.1) is 0 Å². The van der Waals surface area contributed by atoms with E-state index in [1.54, 1.807) is 11.3 Å². The molecule has 1 aromatic carbocycles. The molecule has 0 unspecified atom stereocenters. The molecule has 162 valence electrons. The lowest BCUT2D eigenvalue weighted by atomic mass is 10.3. The summed E-state index contributed by atoms with van der Waals surface area (Å²) in [7, 11) is -3.59. The number of rotatable bonds is 5. The van der Waals surface area contributed by atoms with E-state index in [0.717, 1.165) is 19.6 Å². The van der Waals surface area contributed by atoms with Crippen LogP contribution in [0, 0.1) is 10.1 Å². The van der Waals surface area contributed by atoms with Gasteiger partial charge in [0.1, 0.15) is 6.54 Å². The van der Waals surface area contributed by atoms with Crippen molar-refractivity contribution in [1.29, 1.82) is 0 Å². The summed E-state index contributed by atoms with van der Waals surface area (Å²) in [6.45, 7) is 3.33. The van der Waals surface area contributed by atoms with Gasteiger partial charge in [-0.05, 0) is 29.0 Å². The molecule has 30 heavy (non-hydrogen) atoms. The Morgan fingerprint density at radius 1 is 1.17 bits per heavy atom. The number of non-ortho nitro benzene ring substituents is 1. The van der Waals surface area contributed by atoms with Crippen LogP contribution in [0.4, 0.5) is 5.69 Å². The number of benzene rings is 1. The number of thiophene rings is 1. The summed E-state index contributed by atoms with van der Waals surface area (Å²) in [5.74, 6) is -4.01. The monoisotopic (exact) mass is 457 g/mol. The quantitative estimate of drug-likeness (QED) is 0.313. The average Bonchev–Trinajstić information content (AvgIpc) is 3.22. The van der Waals surface area contributed by atoms with Crippen molar-refractivity contribution in [1.82, 2.24) is 4.31 Å². The highest BCUT2D eigenvalue weighted by atomic mass is 32.2. The van der Waals surface area contributed by atoms with Crippen molar-refractivity contribution in [2.45, 2.75) is 11.4 Å². The van der Waals surface area contributed by atoms with Gasteiger partial charge in [0.05, 0.1) is 36.0 Å². The Kier molecular flexibility index (Phi) is 8.00. The number of hydrogen-bond donors (Lipinski definition) is 2. The summed E-state index contributed by atoms with van der Waals surface area (Å²) >= 11 is 1.67. The van der Waals surface area contributed by atoms with Crippen LogP contribution >= 0.6 is 11.3 Å². The van der Waals surface area contributed by atoms with Gasteiger partial charge in [0.2, 0.25) is 10.0 Å². The molecule has 1 aromatic heterocycles. The second-order valence-electron chi connectivity index (χ2n) is 6.31. The first-order valence-corrected chi connectivity index (χ1v) is 11.0. The molecule has 3 rings (SSSR count). The normalized spacial score (nSPS) is 15.1. The van der Waals surface area contributed by atoms with Crippen molar-refractivity contribution in [2.24, 2.45) is 0 Å². The van der Waals surface area contributed by atoms with E-state index in [4.69, 9.17) is 19.8 Å². The number of nitro benzene ring substituents is 1. The number of piperazine rings is 1. The van der Waals surface area contributed by atoms with Crippen LogP contribution in [0.5, 0.6) is 0 Å². The average molecular weight is 457 g/mol. The van der Waals surface area contributed by atoms with E-state index in [-0.39, 0.29) is 10.6 Å². The van der Waals surface area contributed by atoms with Crippen LogP contribution in [0.1, 0.15) is 5.56 Å². The van der Waals surface area contributed by atoms with Gasteiger partial charge in [0.15, 0.2) is 5.97 Å². The molecule has 1 saturated heterocycles. The van der Waals surface area contributed by atoms with Gasteiger partial charge in [-0.2, -0.15) is 15.6 Å². The van der Waals surface area contributed by atoms with Crippen LogP contribution in [-0.4, -0.2) is 60.9 Å². The molecule has 2 aromatic rings. The maximum Gasteiger partial charge on any atom is 0.351 e. The van der Waals surface area contributed by atoms with Gasteiger partial charge >= 0.3 is 5.97 Å². The molecule has 0 spiro atoms. The molecule has 2 N–H and O–H groups in total. The van der Waals surface area contributed by atoms with E-state index >= 15 is 0 Å². The molecule has 0 amide bonds. The first kappa shape index (κ1) is 23.4. The molecule has 0 radical (unpaired) electrons. The zero-order valence-corrected chi connectivity index (χ0v) is 17.2. The smallest absolute Gasteiger partial charge is 0.351 e. The van der Waals surface area contributed by atoms with E-state index in [1.165, 1.54) is 39.0 Å². The molecule has 0 saturated carbocycles. The zero-order valence-electron chi connectivity index (χ0n) is 15.6. The highest BCUT2D eigenvalue weighted by Gasteiger charge is 2.30. The number of nitrogens with zero attached hydrogens (tertiary/aromatic N) is 2. The lowest BCUT2D eigenvalue weighted by Gasteiger charge is -2.31. The zero-order chi connectivity index (χ0) is 22.3. The minimum atomic E-state index is -3.59. The van der Waals surface area contributed by atoms with E-state index < -0.39 is 26.9 Å². The van der Waals surface area contributed by atoms with Gasteiger partial charge in [-0.25, -0.2) is 13.2 Å². The Morgan fingerprint density at radius 3 is 2.17 bits per heavy atom. The molecule has 0 bridgehead atoms. The summed E-state index contributed by atoms with van der Waals surface area (Å²) < 4.78 is 26.7. The third-order valence-electron chi connectivity index (χ3n) is 4.32. The minimum Gasteiger partial charge on any atom is -0.539 e. The number of carbonyl (C=O) groups excluding carboxylic acids is 1. The predicted molar refractivity (Wildman–Crippen MR) is 103 cm³/mol. The molecule has 11 nitrogen and oxygen atoms in total. The van der Waals surface area contributed by atoms with Gasteiger partial charge in [-0.3, -0.25) is 10.1 Å². The number of hydrogen-bond acceptors (Lipinski definition) is 8. The van der Waals surface area contributed by atoms with E-state index in [1.807, 2.05) is 5.38 Å². The predicted octanol–water partition coefficient (Wildman–Crippen LogP) is -1.43. The van der Waals surface area contributed by atoms with Gasteiger partial charge in [0.25, 0.3) is 5.69 Å². The summed E-state index contributed by atoms with van der Waals surface area (Å²) in [6, 6.07) is 7.16. The van der Waals surface area contributed by atoms with Gasteiger partial charge < -0.3 is 19.9 Å². The lowest BCUT2D eigenvalue weighted by molar-refractivity contribution is -0.917. The highest BCUT2D eigenvalue weighted by molar-refractivity contribution is 7.89. The molecular formula is C17H19N3O8S2. The Balaban J connectivity index is 0.000000469. The van der Waals surface area contributed by atoms with Crippen LogP contribution in [0.15, 0.2) is 46.0 Å². The van der Waals surface area contributed by atoms with Crippen LogP contribution in [0.2, 0.25) is 0 Å². The standard InChI is InChI=1S/C15H17N3O4S2.C2H2O4/c19-18(20)14-1-3-15(4-2-14)24(21,22)17-8-6-16(7-9-17)11-13-5-10-23-12-13;3-1(4)2(5)6/h1-5,10,12H,6-9,11H2;(H,3,4)(H,5,6). The molecule has 1 aliphatic heterocycles. The van der Waals surface area contributed by atoms with Crippen molar-refractivity contribution in [3.05, 3.63) is 56.8 Å². The molecule has 2 heterocycles. The number of aliphatic carboxylic acids is 2. The topological polar surface area (TPSA) is 162 Å². The molecule has 0 atom stereocenters. The maximum absolute atomic E-state index is 12.6. The van der Waals surface area contributed by atoms with Crippen molar-refractivity contribution in [3.8, 4) is 0 Å². The number of carboxylic acids is 2. The second-order valence-corrected chi connectivity index (χ2v) is 9.02. The Bertz CT molecular complexity index is 971. The number of sulfonamides is 1. The first-order valence-electron chi connectivity index (χ1n) is 8.64. The largest absolute Gasteiger partial charge is 0.539 e. The van der Waals surface area contributed by atoms with E-state index in [9.17, 15) is 18.5 Å². The minimum absolute atomic E-state index is 0.106. The van der Waals surface area contributed by atoms with Gasteiger partial charge in [0, 0.05) is 17.7 Å². The summed E-state index contributed by atoms with van der Waals surface area (Å²) in [5, 5.41) is 31.2. The van der Waals surface area contributed by atoms with Gasteiger partial charge in [-0.1, -0.05) is 0 Å². The fourth-order valence-corrected chi connectivity index (χ4v) is 4.90. The molecular weight excluding hydrogens is 438 g/mol. The maximum atomic E-state index is 12.6. The van der Waals surface area contributed by atoms with Crippen LogP contribution in [-0.2, 0) is 26.2 Å². The summed E-state index contributed by atoms with van der Waals surface area (Å²) in [6.07, 6.45) is 0. The summed E-state index contributed by atoms with van der Waals surface area (Å²) in [4.78, 5) is 29.6. The van der Waals surface area contributed by atoms with Crippen LogP contribution in [0.3, 0.4) is 0 Å². The number of carboxylic acid groups (broad SMARTS) is 2. The SMILES string of the molecule is O=C([O-])C(=O)O.O=[N+]([O-])c1ccc(S(=O)(=O)N2CC[NH+](Cc3ccsc3)CC2)cc1. The highest BCUT2D eigenvalue weighted by Crippen LogP contribution is 2.19. The molecule has 1 aliphatic rings. The van der Waals surface area contributed by atoms with E-state index in [0.29, 0.717) is 13.1 Å². The molecule has 13 heteroatoms.